The molecule has 0 spiro atoms. The maximum absolute atomic E-state index is 11.9. The molecule has 4 N–H and O–H groups in total. The highest BCUT2D eigenvalue weighted by atomic mass is 35.5. The summed E-state index contributed by atoms with van der Waals surface area (Å²) in [5.41, 5.74) is 7.09. The zero-order chi connectivity index (χ0) is 14.3. The molecule has 114 valence electrons. The molecule has 1 amide bonds. The maximum Gasteiger partial charge on any atom is 0.251 e. The third kappa shape index (κ3) is 5.49. The van der Waals surface area contributed by atoms with E-state index < -0.39 is 6.10 Å². The molecule has 0 radical (unpaired) electrons. The molecule has 1 rings (SSSR count). The van der Waals surface area contributed by atoms with Gasteiger partial charge >= 0.3 is 0 Å². The highest BCUT2D eigenvalue weighted by Crippen LogP contribution is 2.12. The Kier molecular flexibility index (Phi) is 9.21. The Morgan fingerprint density at radius 1 is 1.25 bits per heavy atom. The monoisotopic (exact) mass is 300 g/mol. The van der Waals surface area contributed by atoms with E-state index in [1.807, 2.05) is 26.0 Å². The third-order valence-corrected chi connectivity index (χ3v) is 3.52. The van der Waals surface area contributed by atoms with Crippen LogP contribution in [0.15, 0.2) is 24.3 Å². The van der Waals surface area contributed by atoms with Gasteiger partial charge in [-0.2, -0.15) is 0 Å². The second kappa shape index (κ2) is 9.75. The zero-order valence-corrected chi connectivity index (χ0v) is 13.0. The van der Waals surface area contributed by atoms with Crippen molar-refractivity contribution in [2.75, 3.05) is 6.54 Å². The van der Waals surface area contributed by atoms with Gasteiger partial charge in [-0.1, -0.05) is 38.8 Å². The first kappa shape index (κ1) is 18.9. The first-order valence-electron chi connectivity index (χ1n) is 6.87. The zero-order valence-electron chi connectivity index (χ0n) is 12.1. The molecule has 5 heteroatoms. The van der Waals surface area contributed by atoms with Gasteiger partial charge in [0.25, 0.3) is 5.91 Å². The topological polar surface area (TPSA) is 75.3 Å². The molecular weight excluding hydrogens is 276 g/mol. The maximum atomic E-state index is 11.9. The van der Waals surface area contributed by atoms with Crippen molar-refractivity contribution in [3.8, 4) is 0 Å². The Bertz CT molecular complexity index is 391. The fourth-order valence-corrected chi connectivity index (χ4v) is 2.09. The highest BCUT2D eigenvalue weighted by molar-refractivity contribution is 5.94. The van der Waals surface area contributed by atoms with Crippen molar-refractivity contribution in [1.29, 1.82) is 0 Å². The molecule has 0 aliphatic rings. The smallest absolute Gasteiger partial charge is 0.251 e. The van der Waals surface area contributed by atoms with Crippen molar-refractivity contribution in [2.24, 2.45) is 11.7 Å². The van der Waals surface area contributed by atoms with Crippen LogP contribution < -0.4 is 11.1 Å². The van der Waals surface area contributed by atoms with Crippen LogP contribution in [0.25, 0.3) is 0 Å². The van der Waals surface area contributed by atoms with Gasteiger partial charge in [0, 0.05) is 18.7 Å². The predicted octanol–water partition coefficient (Wildman–Crippen LogP) is 2.09. The molecule has 0 heterocycles. The van der Waals surface area contributed by atoms with Crippen LogP contribution >= 0.6 is 12.4 Å². The largest absolute Gasteiger partial charge is 0.391 e. The molecule has 1 atom stereocenters. The quantitative estimate of drug-likeness (QED) is 0.722. The molecule has 0 bridgehead atoms. The molecule has 20 heavy (non-hydrogen) atoms. The van der Waals surface area contributed by atoms with Gasteiger partial charge in [-0.05, 0) is 23.6 Å². The van der Waals surface area contributed by atoms with Gasteiger partial charge in [0.1, 0.15) is 0 Å². The summed E-state index contributed by atoms with van der Waals surface area (Å²) in [7, 11) is 0. The summed E-state index contributed by atoms with van der Waals surface area (Å²) < 4.78 is 0. The Labute approximate surface area is 127 Å². The second-order valence-corrected chi connectivity index (χ2v) is 4.75. The number of amides is 1. The van der Waals surface area contributed by atoms with Crippen LogP contribution in [0.4, 0.5) is 0 Å². The number of halogens is 1. The second-order valence-electron chi connectivity index (χ2n) is 4.75. The van der Waals surface area contributed by atoms with Gasteiger partial charge in [0.05, 0.1) is 6.10 Å². The number of nitrogens with two attached hydrogens (primary N) is 1. The molecule has 1 aromatic carbocycles. The predicted molar refractivity (Wildman–Crippen MR) is 84.0 cm³/mol. The summed E-state index contributed by atoms with van der Waals surface area (Å²) in [6.07, 6.45) is 1.35. The van der Waals surface area contributed by atoms with Gasteiger partial charge in [0.15, 0.2) is 0 Å². The summed E-state index contributed by atoms with van der Waals surface area (Å²) in [4.78, 5) is 11.9. The van der Waals surface area contributed by atoms with Crippen molar-refractivity contribution < 1.29 is 9.90 Å². The van der Waals surface area contributed by atoms with Crippen molar-refractivity contribution in [3.63, 3.8) is 0 Å². The standard InChI is InChI=1S/C15H24N2O2.ClH/c1-3-12(4-2)14(18)10-17-15(19)13-7-5-11(9-16)6-8-13;/h5-8,12,14,18H,3-4,9-10,16H2,1-2H3,(H,17,19);1H. The van der Waals surface area contributed by atoms with E-state index in [9.17, 15) is 9.90 Å². The van der Waals surface area contributed by atoms with Crippen molar-refractivity contribution in [1.82, 2.24) is 5.32 Å². The number of aliphatic hydroxyl groups excluding tert-OH is 1. The molecule has 0 fully saturated rings. The molecule has 0 saturated heterocycles. The number of hydrogen-bond donors (Lipinski definition) is 3. The van der Waals surface area contributed by atoms with Crippen LogP contribution in [0.2, 0.25) is 0 Å². The van der Waals surface area contributed by atoms with Gasteiger partial charge in [0.2, 0.25) is 0 Å². The normalized spacial score (nSPS) is 11.8. The lowest BCUT2D eigenvalue weighted by Crippen LogP contribution is -2.36. The summed E-state index contributed by atoms with van der Waals surface area (Å²) in [5.74, 6) is 0.0773. The Hall–Kier alpha value is -1.10. The molecule has 1 aromatic rings. The van der Waals surface area contributed by atoms with E-state index in [1.165, 1.54) is 0 Å². The van der Waals surface area contributed by atoms with E-state index in [0.29, 0.717) is 18.7 Å². The van der Waals surface area contributed by atoms with E-state index in [4.69, 9.17) is 5.73 Å². The minimum Gasteiger partial charge on any atom is -0.391 e. The fraction of sp³-hybridized carbons (Fsp3) is 0.533. The van der Waals surface area contributed by atoms with E-state index in [1.54, 1.807) is 12.1 Å². The average molecular weight is 301 g/mol. The Morgan fingerprint density at radius 2 is 1.80 bits per heavy atom. The van der Waals surface area contributed by atoms with Gasteiger partial charge in [-0.3, -0.25) is 4.79 Å². The number of carbonyl (C=O) groups excluding carboxylic acids is 1. The molecule has 0 aliphatic carbocycles. The highest BCUT2D eigenvalue weighted by Gasteiger charge is 2.16. The van der Waals surface area contributed by atoms with Gasteiger partial charge in [-0.25, -0.2) is 0 Å². The summed E-state index contributed by atoms with van der Waals surface area (Å²) in [5, 5.41) is 12.7. The number of carbonyl (C=O) groups is 1. The van der Waals surface area contributed by atoms with Crippen LogP contribution in [-0.4, -0.2) is 23.7 Å². The van der Waals surface area contributed by atoms with Crippen LogP contribution in [0, 0.1) is 5.92 Å². The van der Waals surface area contributed by atoms with Crippen LogP contribution in [0.3, 0.4) is 0 Å². The van der Waals surface area contributed by atoms with Crippen LogP contribution in [0.5, 0.6) is 0 Å². The summed E-state index contributed by atoms with van der Waals surface area (Å²) in [6, 6.07) is 7.18. The molecule has 0 saturated carbocycles. The molecule has 4 nitrogen and oxygen atoms in total. The van der Waals surface area contributed by atoms with Crippen molar-refractivity contribution in [3.05, 3.63) is 35.4 Å². The van der Waals surface area contributed by atoms with Crippen molar-refractivity contribution in [2.45, 2.75) is 39.3 Å². The van der Waals surface area contributed by atoms with Gasteiger partial charge < -0.3 is 16.2 Å². The lowest BCUT2D eigenvalue weighted by Gasteiger charge is -2.20. The van der Waals surface area contributed by atoms with Crippen LogP contribution in [0.1, 0.15) is 42.6 Å². The third-order valence-electron chi connectivity index (χ3n) is 3.52. The number of nitrogens with one attached hydrogen (secondary N) is 1. The molecular formula is C15H25ClN2O2. The molecule has 1 unspecified atom stereocenters. The lowest BCUT2D eigenvalue weighted by molar-refractivity contribution is 0.0816. The number of rotatable bonds is 7. The first-order chi connectivity index (χ1) is 9.12. The first-order valence-corrected chi connectivity index (χ1v) is 6.87. The number of aliphatic hydroxyl groups is 1. The summed E-state index contributed by atoms with van der Waals surface area (Å²) in [6.45, 7) is 4.86. The summed E-state index contributed by atoms with van der Waals surface area (Å²) >= 11 is 0. The average Bonchev–Trinajstić information content (AvgIpc) is 2.46. The minimum absolute atomic E-state index is 0. The van der Waals surface area contributed by atoms with Crippen LogP contribution in [-0.2, 0) is 6.54 Å². The molecule has 0 aliphatic heterocycles. The Morgan fingerprint density at radius 3 is 2.25 bits per heavy atom. The van der Waals surface area contributed by atoms with E-state index >= 15 is 0 Å². The van der Waals surface area contributed by atoms with Gasteiger partial charge in [-0.15, -0.1) is 12.4 Å². The Balaban J connectivity index is 0.00000361. The SMILES string of the molecule is CCC(CC)C(O)CNC(=O)c1ccc(CN)cc1.Cl. The van der Waals surface area contributed by atoms with E-state index in [-0.39, 0.29) is 24.2 Å². The fourth-order valence-electron chi connectivity index (χ4n) is 2.09. The minimum atomic E-state index is -0.484. The van der Waals surface area contributed by atoms with E-state index in [0.717, 1.165) is 18.4 Å². The lowest BCUT2D eigenvalue weighted by atomic mass is 9.96. The molecule has 0 aromatic heterocycles. The number of benzene rings is 1. The van der Waals surface area contributed by atoms with E-state index in [2.05, 4.69) is 5.32 Å². The number of hydrogen-bond acceptors (Lipinski definition) is 3. The van der Waals surface area contributed by atoms with Crippen molar-refractivity contribution >= 4 is 18.3 Å².